The van der Waals surface area contributed by atoms with Gasteiger partial charge >= 0.3 is 0 Å². The largest absolute Gasteiger partial charge is 0.392 e. The van der Waals surface area contributed by atoms with E-state index in [-0.39, 0.29) is 23.6 Å². The summed E-state index contributed by atoms with van der Waals surface area (Å²) < 4.78 is 33.1. The lowest BCUT2D eigenvalue weighted by Gasteiger charge is -2.28. The zero-order valence-electron chi connectivity index (χ0n) is 11.8. The number of aliphatic hydroxyl groups is 1. The first-order valence-corrected chi connectivity index (χ1v) is 8.25. The van der Waals surface area contributed by atoms with E-state index in [2.05, 4.69) is 4.72 Å². The molecule has 1 fully saturated rings. The van der Waals surface area contributed by atoms with E-state index in [0.29, 0.717) is 30.6 Å². The van der Waals surface area contributed by atoms with E-state index in [9.17, 15) is 13.5 Å². The average molecular weight is 299 g/mol. The van der Waals surface area contributed by atoms with Crippen molar-refractivity contribution in [3.8, 4) is 0 Å². The number of sulfonamides is 1. The van der Waals surface area contributed by atoms with Crippen LogP contribution in [-0.2, 0) is 21.4 Å². The van der Waals surface area contributed by atoms with Gasteiger partial charge in [0.2, 0.25) is 10.0 Å². The minimum Gasteiger partial charge on any atom is -0.392 e. The van der Waals surface area contributed by atoms with Gasteiger partial charge in [0, 0.05) is 12.6 Å². The highest BCUT2D eigenvalue weighted by Crippen LogP contribution is 2.21. The Morgan fingerprint density at radius 1 is 1.45 bits per heavy atom. The quantitative estimate of drug-likeness (QED) is 0.879. The first-order chi connectivity index (χ1) is 9.44. The van der Waals surface area contributed by atoms with Crippen LogP contribution in [0.15, 0.2) is 23.1 Å². The second kappa shape index (κ2) is 6.22. The van der Waals surface area contributed by atoms with E-state index in [1.165, 1.54) is 0 Å². The Labute approximate surface area is 120 Å². The Morgan fingerprint density at radius 3 is 2.85 bits per heavy atom. The van der Waals surface area contributed by atoms with Gasteiger partial charge in [0.1, 0.15) is 0 Å². The van der Waals surface area contributed by atoms with Gasteiger partial charge in [0.05, 0.1) is 17.6 Å². The molecule has 0 spiro atoms. The maximum absolute atomic E-state index is 12.5. The van der Waals surface area contributed by atoms with Crippen LogP contribution in [0.3, 0.4) is 0 Å². The molecule has 0 saturated carbocycles. The van der Waals surface area contributed by atoms with Crippen molar-refractivity contribution in [2.75, 3.05) is 6.61 Å². The number of benzene rings is 1. The van der Waals surface area contributed by atoms with E-state index in [4.69, 9.17) is 4.74 Å². The van der Waals surface area contributed by atoms with Crippen LogP contribution in [0, 0.1) is 6.92 Å². The highest BCUT2D eigenvalue weighted by molar-refractivity contribution is 7.89. The summed E-state index contributed by atoms with van der Waals surface area (Å²) in [6, 6.07) is 4.85. The fraction of sp³-hybridized carbons (Fsp3) is 0.571. The fourth-order valence-electron chi connectivity index (χ4n) is 2.51. The number of hydrogen-bond acceptors (Lipinski definition) is 4. The Balaban J connectivity index is 2.22. The molecule has 1 saturated heterocycles. The predicted octanol–water partition coefficient (Wildman–Crippen LogP) is 1.33. The monoisotopic (exact) mass is 299 g/mol. The molecule has 5 nitrogen and oxygen atoms in total. The van der Waals surface area contributed by atoms with Crippen molar-refractivity contribution in [2.45, 2.75) is 50.3 Å². The van der Waals surface area contributed by atoms with Crippen LogP contribution in [0.5, 0.6) is 0 Å². The second-order valence-electron chi connectivity index (χ2n) is 5.22. The van der Waals surface area contributed by atoms with Crippen LogP contribution in [-0.4, -0.2) is 32.3 Å². The minimum atomic E-state index is -3.56. The molecule has 1 aliphatic heterocycles. The summed E-state index contributed by atoms with van der Waals surface area (Å²) in [5.74, 6) is 0. The molecule has 20 heavy (non-hydrogen) atoms. The van der Waals surface area contributed by atoms with Gasteiger partial charge in [0.25, 0.3) is 0 Å². The van der Waals surface area contributed by atoms with Crippen molar-refractivity contribution in [3.05, 3.63) is 29.3 Å². The lowest BCUT2D eigenvalue weighted by atomic mass is 10.1. The molecule has 0 aromatic heterocycles. The standard InChI is InChI=1S/C14H21NO4S/c1-10-8-13(6-7-19-10)15-20(17,18)14-5-3-4-12(9-16)11(14)2/h3-5,10,13,15-16H,6-9H2,1-2H3. The van der Waals surface area contributed by atoms with Crippen LogP contribution < -0.4 is 4.72 Å². The maximum Gasteiger partial charge on any atom is 0.241 e. The van der Waals surface area contributed by atoms with Crippen LogP contribution >= 0.6 is 0 Å². The summed E-state index contributed by atoms with van der Waals surface area (Å²) >= 11 is 0. The molecule has 2 rings (SSSR count). The van der Waals surface area contributed by atoms with Crippen molar-refractivity contribution in [2.24, 2.45) is 0 Å². The van der Waals surface area contributed by atoms with E-state index in [0.717, 1.165) is 0 Å². The van der Waals surface area contributed by atoms with Gasteiger partial charge in [-0.25, -0.2) is 13.1 Å². The molecule has 1 aromatic carbocycles. The lowest BCUT2D eigenvalue weighted by Crippen LogP contribution is -2.41. The Bertz CT molecular complexity index is 571. The second-order valence-corrected chi connectivity index (χ2v) is 6.90. The topological polar surface area (TPSA) is 75.6 Å². The van der Waals surface area contributed by atoms with Gasteiger partial charge in [-0.3, -0.25) is 0 Å². The molecule has 0 amide bonds. The Kier molecular flexibility index (Phi) is 4.80. The van der Waals surface area contributed by atoms with E-state index < -0.39 is 10.0 Å². The van der Waals surface area contributed by atoms with Crippen molar-refractivity contribution in [1.82, 2.24) is 4.72 Å². The molecule has 6 heteroatoms. The summed E-state index contributed by atoms with van der Waals surface area (Å²) in [7, 11) is -3.56. The third kappa shape index (κ3) is 3.38. The van der Waals surface area contributed by atoms with E-state index >= 15 is 0 Å². The average Bonchev–Trinajstić information content (AvgIpc) is 2.38. The van der Waals surface area contributed by atoms with Crippen molar-refractivity contribution >= 4 is 10.0 Å². The van der Waals surface area contributed by atoms with Crippen molar-refractivity contribution in [1.29, 1.82) is 0 Å². The highest BCUT2D eigenvalue weighted by Gasteiger charge is 2.26. The molecular formula is C14H21NO4S. The molecule has 1 aromatic rings. The van der Waals surface area contributed by atoms with E-state index in [1.807, 2.05) is 6.92 Å². The normalized spacial score (nSPS) is 23.8. The van der Waals surface area contributed by atoms with E-state index in [1.54, 1.807) is 25.1 Å². The molecule has 2 unspecified atom stereocenters. The number of hydrogen-bond donors (Lipinski definition) is 2. The van der Waals surface area contributed by atoms with Crippen LogP contribution in [0.1, 0.15) is 30.9 Å². The zero-order chi connectivity index (χ0) is 14.8. The van der Waals surface area contributed by atoms with Gasteiger partial charge in [-0.2, -0.15) is 0 Å². The highest BCUT2D eigenvalue weighted by atomic mass is 32.2. The van der Waals surface area contributed by atoms with Gasteiger partial charge in [-0.1, -0.05) is 12.1 Å². The fourth-order valence-corrected chi connectivity index (χ4v) is 4.08. The zero-order valence-corrected chi connectivity index (χ0v) is 12.6. The van der Waals surface area contributed by atoms with Gasteiger partial charge < -0.3 is 9.84 Å². The predicted molar refractivity (Wildman–Crippen MR) is 75.9 cm³/mol. The summed E-state index contributed by atoms with van der Waals surface area (Å²) in [6.45, 7) is 4.07. The number of nitrogens with one attached hydrogen (secondary N) is 1. The third-order valence-electron chi connectivity index (χ3n) is 3.66. The molecule has 112 valence electrons. The maximum atomic E-state index is 12.5. The van der Waals surface area contributed by atoms with Crippen LogP contribution in [0.4, 0.5) is 0 Å². The number of aliphatic hydroxyl groups excluding tert-OH is 1. The minimum absolute atomic E-state index is 0.0707. The molecule has 0 bridgehead atoms. The third-order valence-corrected chi connectivity index (χ3v) is 5.33. The van der Waals surface area contributed by atoms with Crippen LogP contribution in [0.25, 0.3) is 0 Å². The Morgan fingerprint density at radius 2 is 2.20 bits per heavy atom. The summed E-state index contributed by atoms with van der Waals surface area (Å²) in [5, 5.41) is 9.23. The summed E-state index contributed by atoms with van der Waals surface area (Å²) in [6.07, 6.45) is 1.43. The number of rotatable bonds is 4. The smallest absolute Gasteiger partial charge is 0.241 e. The Hall–Kier alpha value is -0.950. The van der Waals surface area contributed by atoms with Crippen molar-refractivity contribution < 1.29 is 18.3 Å². The SMILES string of the molecule is Cc1c(CO)cccc1S(=O)(=O)NC1CCOC(C)C1. The summed E-state index contributed by atoms with van der Waals surface area (Å²) in [5.41, 5.74) is 1.23. The lowest BCUT2D eigenvalue weighted by molar-refractivity contribution is 0.0173. The summed E-state index contributed by atoms with van der Waals surface area (Å²) in [4.78, 5) is 0.239. The molecule has 1 aliphatic rings. The van der Waals surface area contributed by atoms with Crippen LogP contribution in [0.2, 0.25) is 0 Å². The molecule has 2 atom stereocenters. The van der Waals surface area contributed by atoms with Crippen molar-refractivity contribution in [3.63, 3.8) is 0 Å². The molecular weight excluding hydrogens is 278 g/mol. The van der Waals surface area contributed by atoms with Gasteiger partial charge in [0.15, 0.2) is 0 Å². The van der Waals surface area contributed by atoms with Gasteiger partial charge in [-0.05, 0) is 43.9 Å². The number of ether oxygens (including phenoxy) is 1. The molecule has 0 aliphatic carbocycles. The molecule has 2 N–H and O–H groups in total. The molecule has 0 radical (unpaired) electrons. The first-order valence-electron chi connectivity index (χ1n) is 6.77. The van der Waals surface area contributed by atoms with Gasteiger partial charge in [-0.15, -0.1) is 0 Å². The first kappa shape index (κ1) is 15.4. The molecule has 1 heterocycles.